The maximum atomic E-state index is 12.4. The highest BCUT2D eigenvalue weighted by atomic mass is 32.1. The smallest absolute Gasteiger partial charge is 0.331 e. The monoisotopic (exact) mass is 325 g/mol. The molecule has 9 heteroatoms. The first-order chi connectivity index (χ1) is 10.3. The van der Waals surface area contributed by atoms with E-state index >= 15 is 0 Å². The number of fused-ring (bicyclic) bond motifs is 1. The van der Waals surface area contributed by atoms with Gasteiger partial charge in [-0.2, -0.15) is 0 Å². The van der Waals surface area contributed by atoms with Crippen LogP contribution in [-0.2, 0) is 9.53 Å². The molecule has 0 aliphatic heterocycles. The Morgan fingerprint density at radius 1 is 1.55 bits per heavy atom. The van der Waals surface area contributed by atoms with Crippen LogP contribution >= 0.6 is 11.3 Å². The molecule has 2 aromatic heterocycles. The van der Waals surface area contributed by atoms with Crippen LogP contribution in [0.2, 0.25) is 0 Å². The zero-order chi connectivity index (χ0) is 16.5. The Kier molecular flexibility index (Phi) is 4.29. The minimum absolute atomic E-state index is 0.220. The zero-order valence-corrected chi connectivity index (χ0v) is 13.1. The first kappa shape index (κ1) is 16.1. The summed E-state index contributed by atoms with van der Waals surface area (Å²) in [5.74, 6) is -2.07. The number of aromatic nitrogens is 2. The van der Waals surface area contributed by atoms with Crippen molar-refractivity contribution in [1.29, 1.82) is 0 Å². The molecule has 1 atom stereocenters. The van der Waals surface area contributed by atoms with Gasteiger partial charge in [-0.25, -0.2) is 9.78 Å². The third kappa shape index (κ3) is 2.72. The molecule has 2 aromatic rings. The number of thiazole rings is 1. The number of hydrogen-bond donors (Lipinski definition) is 2. The Bertz CT molecular complexity index is 797. The lowest BCUT2D eigenvalue weighted by molar-refractivity contribution is -0.145. The molecular formula is C13H15N3O5S. The molecule has 2 heterocycles. The van der Waals surface area contributed by atoms with E-state index in [2.05, 4.69) is 10.3 Å². The average Bonchev–Trinajstić information content (AvgIpc) is 2.81. The van der Waals surface area contributed by atoms with E-state index in [4.69, 9.17) is 4.74 Å². The summed E-state index contributed by atoms with van der Waals surface area (Å²) in [6, 6.07) is 0. The fourth-order valence-electron chi connectivity index (χ4n) is 1.94. The van der Waals surface area contributed by atoms with Crippen LogP contribution in [0.4, 0.5) is 0 Å². The Morgan fingerprint density at radius 3 is 2.82 bits per heavy atom. The Morgan fingerprint density at radius 2 is 2.23 bits per heavy atom. The predicted molar refractivity (Wildman–Crippen MR) is 79.5 cm³/mol. The molecule has 0 bridgehead atoms. The quantitative estimate of drug-likeness (QED) is 0.817. The molecule has 1 amide bonds. The number of nitrogens with one attached hydrogen (secondary N) is 1. The zero-order valence-electron chi connectivity index (χ0n) is 12.2. The molecule has 118 valence electrons. The molecule has 0 saturated carbocycles. The second-order valence-electron chi connectivity index (χ2n) is 5.00. The molecule has 0 aromatic carbocycles. The predicted octanol–water partition coefficient (Wildman–Crippen LogP) is 0.284. The van der Waals surface area contributed by atoms with Crippen LogP contribution in [0, 0.1) is 6.92 Å². The largest absolute Gasteiger partial charge is 0.479 e. The highest BCUT2D eigenvalue weighted by Crippen LogP contribution is 2.12. The van der Waals surface area contributed by atoms with Crippen molar-refractivity contribution in [3.8, 4) is 0 Å². The first-order valence-corrected chi connectivity index (χ1v) is 7.19. The lowest BCUT2D eigenvalue weighted by atomic mass is 10.0. The summed E-state index contributed by atoms with van der Waals surface area (Å²) in [5.41, 5.74) is -1.74. The van der Waals surface area contributed by atoms with E-state index in [9.17, 15) is 19.5 Å². The second kappa shape index (κ2) is 5.85. The van der Waals surface area contributed by atoms with Crippen LogP contribution in [0.15, 0.2) is 16.4 Å². The summed E-state index contributed by atoms with van der Waals surface area (Å²) in [6.45, 7) is 2.79. The number of methoxy groups -OCH3 is 1. The van der Waals surface area contributed by atoms with E-state index < -0.39 is 23.0 Å². The molecule has 0 aliphatic rings. The molecule has 0 fully saturated rings. The summed E-state index contributed by atoms with van der Waals surface area (Å²) < 4.78 is 6.13. The fraction of sp³-hybridized carbons (Fsp3) is 0.385. The third-order valence-electron chi connectivity index (χ3n) is 3.16. The van der Waals surface area contributed by atoms with Gasteiger partial charge in [-0.05, 0) is 13.8 Å². The molecule has 0 spiro atoms. The summed E-state index contributed by atoms with van der Waals surface area (Å²) >= 11 is 1.28. The second-order valence-corrected chi connectivity index (χ2v) is 5.83. The highest BCUT2D eigenvalue weighted by Gasteiger charge is 2.36. The number of aliphatic carboxylic acids is 1. The molecular weight excluding hydrogens is 310 g/mol. The maximum Gasteiger partial charge on any atom is 0.331 e. The van der Waals surface area contributed by atoms with Crippen LogP contribution in [0.5, 0.6) is 0 Å². The van der Waals surface area contributed by atoms with E-state index in [1.807, 2.05) is 0 Å². The molecule has 0 aliphatic carbocycles. The van der Waals surface area contributed by atoms with Gasteiger partial charge < -0.3 is 15.2 Å². The van der Waals surface area contributed by atoms with Gasteiger partial charge in [0.15, 0.2) is 10.5 Å². The van der Waals surface area contributed by atoms with Crippen molar-refractivity contribution in [3.63, 3.8) is 0 Å². The van der Waals surface area contributed by atoms with Gasteiger partial charge in [-0.1, -0.05) is 0 Å². The van der Waals surface area contributed by atoms with Crippen LogP contribution in [0.3, 0.4) is 0 Å². The first-order valence-electron chi connectivity index (χ1n) is 6.31. The summed E-state index contributed by atoms with van der Waals surface area (Å²) in [6.07, 6.45) is 1.15. The van der Waals surface area contributed by atoms with E-state index in [0.717, 1.165) is 6.20 Å². The maximum absolute atomic E-state index is 12.4. The van der Waals surface area contributed by atoms with E-state index in [1.165, 1.54) is 29.8 Å². The van der Waals surface area contributed by atoms with Crippen molar-refractivity contribution in [2.75, 3.05) is 13.7 Å². The number of carboxylic acid groups (broad SMARTS) is 1. The van der Waals surface area contributed by atoms with Crippen LogP contribution in [-0.4, -0.2) is 45.6 Å². The number of ether oxygens (including phenoxy) is 1. The summed E-state index contributed by atoms with van der Waals surface area (Å²) in [7, 11) is 1.32. The van der Waals surface area contributed by atoms with Crippen molar-refractivity contribution in [2.24, 2.45) is 0 Å². The Hall–Kier alpha value is -2.26. The number of rotatable bonds is 5. The van der Waals surface area contributed by atoms with Gasteiger partial charge in [0.25, 0.3) is 11.5 Å². The molecule has 1 unspecified atom stereocenters. The molecule has 2 N–H and O–H groups in total. The van der Waals surface area contributed by atoms with Crippen molar-refractivity contribution in [1.82, 2.24) is 14.7 Å². The highest BCUT2D eigenvalue weighted by molar-refractivity contribution is 7.15. The minimum atomic E-state index is -1.64. The number of amides is 1. The van der Waals surface area contributed by atoms with Gasteiger partial charge in [-0.3, -0.25) is 14.0 Å². The van der Waals surface area contributed by atoms with E-state index in [0.29, 0.717) is 10.7 Å². The van der Waals surface area contributed by atoms with Gasteiger partial charge in [0.1, 0.15) is 5.56 Å². The third-order valence-corrected chi connectivity index (χ3v) is 4.11. The van der Waals surface area contributed by atoms with E-state index in [-0.39, 0.29) is 12.2 Å². The molecule has 22 heavy (non-hydrogen) atoms. The number of carbonyl (C=O) groups excluding carboxylic acids is 1. The van der Waals surface area contributed by atoms with Gasteiger partial charge in [0.2, 0.25) is 0 Å². The fourth-order valence-corrected chi connectivity index (χ4v) is 2.77. The average molecular weight is 325 g/mol. The standard InChI is InChI=1S/C13H15N3O5S/c1-7-5-22-12-14-4-8(10(18)16(7)12)9(17)15-13(2,6-21-3)11(19)20/h4-5H,6H2,1-3H3,(H,15,17)(H,19,20). The van der Waals surface area contributed by atoms with Crippen molar-refractivity contribution < 1.29 is 19.4 Å². The van der Waals surface area contributed by atoms with Crippen molar-refractivity contribution in [2.45, 2.75) is 19.4 Å². The number of carboxylic acids is 1. The van der Waals surface area contributed by atoms with Crippen LogP contribution < -0.4 is 10.9 Å². The lowest BCUT2D eigenvalue weighted by Crippen LogP contribution is -2.56. The van der Waals surface area contributed by atoms with Crippen molar-refractivity contribution >= 4 is 28.2 Å². The molecule has 2 rings (SSSR count). The van der Waals surface area contributed by atoms with Gasteiger partial charge in [-0.15, -0.1) is 11.3 Å². The normalized spacial score (nSPS) is 13.8. The summed E-state index contributed by atoms with van der Waals surface area (Å²) in [5, 5.41) is 13.3. The van der Waals surface area contributed by atoms with E-state index in [1.54, 1.807) is 12.3 Å². The van der Waals surface area contributed by atoms with Gasteiger partial charge in [0.05, 0.1) is 6.61 Å². The number of hydrogen-bond acceptors (Lipinski definition) is 6. The molecule has 0 saturated heterocycles. The number of aryl methyl sites for hydroxylation is 1. The Labute approximate surface area is 129 Å². The number of carbonyl (C=O) groups is 2. The lowest BCUT2D eigenvalue weighted by Gasteiger charge is -2.25. The van der Waals surface area contributed by atoms with Crippen LogP contribution in [0.1, 0.15) is 23.0 Å². The van der Waals surface area contributed by atoms with Crippen molar-refractivity contribution in [3.05, 3.63) is 33.2 Å². The molecule has 8 nitrogen and oxygen atoms in total. The van der Waals surface area contributed by atoms with Gasteiger partial charge >= 0.3 is 5.97 Å². The summed E-state index contributed by atoms with van der Waals surface area (Å²) in [4.78, 5) is 40.4. The number of nitrogens with zero attached hydrogens (tertiary/aromatic N) is 2. The van der Waals surface area contributed by atoms with Gasteiger partial charge in [0, 0.05) is 24.4 Å². The van der Waals surface area contributed by atoms with Crippen LogP contribution in [0.25, 0.3) is 4.96 Å². The Balaban J connectivity index is 2.42. The molecule has 0 radical (unpaired) electrons. The minimum Gasteiger partial charge on any atom is -0.479 e. The topological polar surface area (TPSA) is 110 Å². The SMILES string of the molecule is COCC(C)(NC(=O)c1cnc2scc(C)n2c1=O)C(=O)O.